The van der Waals surface area contributed by atoms with Crippen LogP contribution >= 0.6 is 11.6 Å². The third-order valence-electron chi connectivity index (χ3n) is 3.38. The summed E-state index contributed by atoms with van der Waals surface area (Å²) in [5.41, 5.74) is 0.183. The monoisotopic (exact) mass is 322 g/mol. The van der Waals surface area contributed by atoms with Crippen molar-refractivity contribution in [2.24, 2.45) is 11.1 Å². The van der Waals surface area contributed by atoms with E-state index in [2.05, 4.69) is 5.16 Å². The molecule has 2 aliphatic rings. The number of carbonyl (C=O) groups excluding carboxylic acids is 3. The highest BCUT2D eigenvalue weighted by atomic mass is 35.5. The maximum atomic E-state index is 12.5. The van der Waals surface area contributed by atoms with Gasteiger partial charge in [-0.2, -0.15) is 0 Å². The Morgan fingerprint density at radius 3 is 2.64 bits per heavy atom. The van der Waals surface area contributed by atoms with E-state index in [1.54, 1.807) is 31.2 Å². The molecule has 1 fully saturated rings. The van der Waals surface area contributed by atoms with Crippen LogP contribution in [0.15, 0.2) is 29.4 Å². The van der Waals surface area contributed by atoms with Crippen molar-refractivity contribution in [1.82, 2.24) is 0 Å². The van der Waals surface area contributed by atoms with Crippen LogP contribution in [-0.2, 0) is 24.0 Å². The van der Waals surface area contributed by atoms with Gasteiger partial charge in [0.25, 0.3) is 5.91 Å². The molecule has 114 valence electrons. The fourth-order valence-corrected chi connectivity index (χ4v) is 2.52. The standard InChI is InChI=1S/C14H11ClN2O5/c1-2-21-14(20)10-9-11(22-16-10)13(19)17(12(9)18)8-5-3-7(15)4-6-8/h3-6,9,11H,2H2,1H3/t9-,11-/m0/s1. The zero-order valence-corrected chi connectivity index (χ0v) is 12.2. The van der Waals surface area contributed by atoms with E-state index in [0.29, 0.717) is 10.7 Å². The Hall–Kier alpha value is -2.41. The van der Waals surface area contributed by atoms with E-state index in [1.165, 1.54) is 0 Å². The minimum Gasteiger partial charge on any atom is -0.461 e. The highest BCUT2D eigenvalue weighted by molar-refractivity contribution is 6.46. The van der Waals surface area contributed by atoms with Crippen molar-refractivity contribution in [3.63, 3.8) is 0 Å². The summed E-state index contributed by atoms with van der Waals surface area (Å²) in [5, 5.41) is 4.01. The third-order valence-corrected chi connectivity index (χ3v) is 3.63. The van der Waals surface area contributed by atoms with Crippen molar-refractivity contribution in [3.8, 4) is 0 Å². The average Bonchev–Trinajstić information content (AvgIpc) is 3.03. The van der Waals surface area contributed by atoms with Gasteiger partial charge in [0.05, 0.1) is 12.3 Å². The molecule has 7 nitrogen and oxygen atoms in total. The summed E-state index contributed by atoms with van der Waals surface area (Å²) >= 11 is 5.79. The van der Waals surface area contributed by atoms with Gasteiger partial charge in [0.1, 0.15) is 5.92 Å². The van der Waals surface area contributed by atoms with Gasteiger partial charge in [-0.15, -0.1) is 0 Å². The summed E-state index contributed by atoms with van der Waals surface area (Å²) in [7, 11) is 0. The van der Waals surface area contributed by atoms with Gasteiger partial charge in [0.15, 0.2) is 5.71 Å². The zero-order valence-electron chi connectivity index (χ0n) is 11.5. The van der Waals surface area contributed by atoms with Gasteiger partial charge in [-0.05, 0) is 31.2 Å². The minimum absolute atomic E-state index is 0.137. The van der Waals surface area contributed by atoms with E-state index in [1.807, 2.05) is 0 Å². The number of ether oxygens (including phenoxy) is 1. The Labute approximate surface area is 130 Å². The second kappa shape index (κ2) is 5.42. The molecule has 2 atom stereocenters. The second-order valence-corrected chi connectivity index (χ2v) is 5.13. The molecule has 0 unspecified atom stereocenters. The molecular formula is C14H11ClN2O5. The number of amides is 2. The number of halogens is 1. The van der Waals surface area contributed by atoms with Crippen LogP contribution in [-0.4, -0.2) is 36.2 Å². The van der Waals surface area contributed by atoms with Crippen molar-refractivity contribution in [2.75, 3.05) is 11.5 Å². The van der Waals surface area contributed by atoms with Crippen LogP contribution < -0.4 is 4.90 Å². The third kappa shape index (κ3) is 2.14. The molecule has 0 N–H and O–H groups in total. The summed E-state index contributed by atoms with van der Waals surface area (Å²) in [6.07, 6.45) is -1.12. The molecule has 2 amide bonds. The number of esters is 1. The van der Waals surface area contributed by atoms with E-state index in [4.69, 9.17) is 21.2 Å². The number of oxime groups is 1. The molecule has 1 aromatic carbocycles. The smallest absolute Gasteiger partial charge is 0.357 e. The van der Waals surface area contributed by atoms with Gasteiger partial charge < -0.3 is 9.57 Å². The molecule has 0 saturated carbocycles. The fourth-order valence-electron chi connectivity index (χ4n) is 2.40. The van der Waals surface area contributed by atoms with Crippen LogP contribution in [0, 0.1) is 5.92 Å². The minimum atomic E-state index is -1.12. The molecule has 0 spiro atoms. The summed E-state index contributed by atoms with van der Waals surface area (Å²) in [6, 6.07) is 6.21. The summed E-state index contributed by atoms with van der Waals surface area (Å²) in [5.74, 6) is -2.96. The van der Waals surface area contributed by atoms with E-state index in [9.17, 15) is 14.4 Å². The topological polar surface area (TPSA) is 85.3 Å². The van der Waals surface area contributed by atoms with Crippen LogP contribution in [0.5, 0.6) is 0 Å². The lowest BCUT2D eigenvalue weighted by molar-refractivity contribution is -0.136. The Bertz CT molecular complexity index is 685. The van der Waals surface area contributed by atoms with Crippen LogP contribution in [0.2, 0.25) is 5.02 Å². The first-order chi connectivity index (χ1) is 10.5. The van der Waals surface area contributed by atoms with Crippen LogP contribution in [0.3, 0.4) is 0 Å². The van der Waals surface area contributed by atoms with Crippen molar-refractivity contribution in [3.05, 3.63) is 29.3 Å². The molecule has 0 bridgehead atoms. The van der Waals surface area contributed by atoms with Gasteiger partial charge >= 0.3 is 5.97 Å². The van der Waals surface area contributed by atoms with Crippen molar-refractivity contribution in [2.45, 2.75) is 13.0 Å². The molecule has 2 aliphatic heterocycles. The molecule has 0 aromatic heterocycles. The largest absolute Gasteiger partial charge is 0.461 e. The Kier molecular flexibility index (Phi) is 3.58. The van der Waals surface area contributed by atoms with E-state index in [0.717, 1.165) is 4.90 Å². The molecule has 1 saturated heterocycles. The quantitative estimate of drug-likeness (QED) is 0.615. The number of fused-ring (bicyclic) bond motifs is 1. The zero-order chi connectivity index (χ0) is 15.9. The molecule has 2 heterocycles. The number of hydrogen-bond donors (Lipinski definition) is 0. The van der Waals surface area contributed by atoms with E-state index >= 15 is 0 Å². The lowest BCUT2D eigenvalue weighted by atomic mass is 10.00. The van der Waals surface area contributed by atoms with Gasteiger partial charge in [-0.3, -0.25) is 9.59 Å². The Balaban J connectivity index is 1.91. The highest BCUT2D eigenvalue weighted by Gasteiger charge is 2.58. The SMILES string of the molecule is CCOC(=O)C1=NO[C@@H]2C(=O)N(c3ccc(Cl)cc3)C(=O)[C@@H]12. The maximum absolute atomic E-state index is 12.5. The van der Waals surface area contributed by atoms with Crippen LogP contribution in [0.1, 0.15) is 6.92 Å². The van der Waals surface area contributed by atoms with Gasteiger partial charge in [-0.1, -0.05) is 16.8 Å². The second-order valence-electron chi connectivity index (χ2n) is 4.69. The number of anilines is 1. The van der Waals surface area contributed by atoms with Gasteiger partial charge in [0.2, 0.25) is 12.0 Å². The summed E-state index contributed by atoms with van der Waals surface area (Å²) in [4.78, 5) is 42.6. The molecular weight excluding hydrogens is 312 g/mol. The number of imide groups is 1. The predicted molar refractivity (Wildman–Crippen MR) is 76.4 cm³/mol. The normalized spacial score (nSPS) is 23.2. The first kappa shape index (κ1) is 14.5. The Morgan fingerprint density at radius 2 is 2.00 bits per heavy atom. The lowest BCUT2D eigenvalue weighted by Crippen LogP contribution is -2.34. The summed E-state index contributed by atoms with van der Waals surface area (Å²) < 4.78 is 4.83. The fraction of sp³-hybridized carbons (Fsp3) is 0.286. The van der Waals surface area contributed by atoms with E-state index in [-0.39, 0.29) is 12.3 Å². The number of hydrogen-bond acceptors (Lipinski definition) is 6. The molecule has 8 heteroatoms. The predicted octanol–water partition coefficient (Wildman–Crippen LogP) is 1.15. The molecule has 0 aliphatic carbocycles. The number of carbonyl (C=O) groups is 3. The number of nitrogens with zero attached hydrogens (tertiary/aromatic N) is 2. The first-order valence-corrected chi connectivity index (χ1v) is 6.96. The number of benzene rings is 1. The maximum Gasteiger partial charge on any atom is 0.357 e. The molecule has 3 rings (SSSR count). The van der Waals surface area contributed by atoms with Crippen LogP contribution in [0.4, 0.5) is 5.69 Å². The summed E-state index contributed by atoms with van der Waals surface area (Å²) in [6.45, 7) is 1.77. The van der Waals surface area contributed by atoms with Crippen molar-refractivity contribution in [1.29, 1.82) is 0 Å². The van der Waals surface area contributed by atoms with Gasteiger partial charge in [0, 0.05) is 5.02 Å². The molecule has 1 aromatic rings. The van der Waals surface area contributed by atoms with E-state index < -0.39 is 29.8 Å². The average molecular weight is 323 g/mol. The van der Waals surface area contributed by atoms with Crippen LogP contribution in [0.25, 0.3) is 0 Å². The molecule has 22 heavy (non-hydrogen) atoms. The Morgan fingerprint density at radius 1 is 1.32 bits per heavy atom. The highest BCUT2D eigenvalue weighted by Crippen LogP contribution is 2.33. The van der Waals surface area contributed by atoms with Crippen molar-refractivity contribution >= 4 is 40.8 Å². The van der Waals surface area contributed by atoms with Crippen molar-refractivity contribution < 1.29 is 24.0 Å². The van der Waals surface area contributed by atoms with Gasteiger partial charge in [-0.25, -0.2) is 9.69 Å². The first-order valence-electron chi connectivity index (χ1n) is 6.58. The molecule has 0 radical (unpaired) electrons. The lowest BCUT2D eigenvalue weighted by Gasteiger charge is -2.15. The number of rotatable bonds is 3.